The highest BCUT2D eigenvalue weighted by molar-refractivity contribution is 7.87. The van der Waals surface area contributed by atoms with Gasteiger partial charge in [-0.1, -0.05) is 0 Å². The Labute approximate surface area is 83.6 Å². The molecular formula is C5HF7O3S. The predicted octanol–water partition coefficient (Wildman–Crippen LogP) is 2.70. The molecule has 0 fully saturated rings. The molecule has 1 N–H and O–H groups in total. The van der Waals surface area contributed by atoms with Crippen LogP contribution in [0.1, 0.15) is 0 Å². The maximum absolute atomic E-state index is 12.3. The van der Waals surface area contributed by atoms with E-state index in [4.69, 9.17) is 4.55 Å². The monoisotopic (exact) mass is 274 g/mol. The van der Waals surface area contributed by atoms with E-state index in [0.29, 0.717) is 0 Å². The molecule has 16 heavy (non-hydrogen) atoms. The van der Waals surface area contributed by atoms with Gasteiger partial charge in [0.2, 0.25) is 17.5 Å². The first-order chi connectivity index (χ1) is 6.93. The average Bonchev–Trinajstić information content (AvgIpc) is 2.12. The quantitative estimate of drug-likeness (QED) is 0.489. The molecule has 0 saturated heterocycles. The van der Waals surface area contributed by atoms with Gasteiger partial charge in [0.25, 0.3) is 0 Å². The molecule has 0 spiro atoms. The zero-order chi connectivity index (χ0) is 13.3. The predicted molar refractivity (Wildman–Crippen MR) is 36.1 cm³/mol. The van der Waals surface area contributed by atoms with Gasteiger partial charge in [0, 0.05) is 0 Å². The van der Waals surface area contributed by atoms with E-state index in [9.17, 15) is 39.2 Å². The van der Waals surface area contributed by atoms with E-state index in [1.54, 1.807) is 0 Å². The third-order valence-electron chi connectivity index (χ3n) is 1.13. The third kappa shape index (κ3) is 2.72. The number of allylic oxidation sites excluding steroid dienone is 2. The Morgan fingerprint density at radius 2 is 1.31 bits per heavy atom. The molecular weight excluding hydrogens is 273 g/mol. The number of hydrogen-bond donors (Lipinski definition) is 1. The fourth-order valence-electron chi connectivity index (χ4n) is 0.420. The second-order valence-corrected chi connectivity index (χ2v) is 3.66. The summed E-state index contributed by atoms with van der Waals surface area (Å²) in [6, 6.07) is 0. The molecule has 11 heteroatoms. The number of hydrogen-bond acceptors (Lipinski definition) is 2. The van der Waals surface area contributed by atoms with E-state index in [1.807, 2.05) is 0 Å². The van der Waals surface area contributed by atoms with Crippen LogP contribution in [0.2, 0.25) is 0 Å². The molecule has 0 saturated carbocycles. The van der Waals surface area contributed by atoms with Crippen molar-refractivity contribution in [3.8, 4) is 0 Å². The molecule has 0 amide bonds. The minimum atomic E-state index is -6.45. The van der Waals surface area contributed by atoms with Crippen LogP contribution in [0.5, 0.6) is 0 Å². The molecule has 0 aromatic carbocycles. The lowest BCUT2D eigenvalue weighted by molar-refractivity contribution is 0.0893. The maximum atomic E-state index is 12.3. The zero-order valence-corrected chi connectivity index (χ0v) is 7.63. The molecule has 0 aliphatic rings. The average molecular weight is 274 g/mol. The SMILES string of the molecule is O=S(=O)(O)C(F)(F)/C(F)=C(\F)C(F)=C(F)F. The van der Waals surface area contributed by atoms with Crippen LogP contribution in [-0.4, -0.2) is 18.2 Å². The van der Waals surface area contributed by atoms with Gasteiger partial charge in [-0.25, -0.2) is 8.78 Å². The molecule has 0 heterocycles. The molecule has 0 atom stereocenters. The van der Waals surface area contributed by atoms with Crippen molar-refractivity contribution in [2.75, 3.05) is 0 Å². The van der Waals surface area contributed by atoms with Crippen LogP contribution in [0.25, 0.3) is 0 Å². The summed E-state index contributed by atoms with van der Waals surface area (Å²) in [6.45, 7) is 0. The van der Waals surface area contributed by atoms with Gasteiger partial charge in [0.15, 0.2) is 0 Å². The van der Waals surface area contributed by atoms with Gasteiger partial charge in [0.05, 0.1) is 0 Å². The summed E-state index contributed by atoms with van der Waals surface area (Å²) in [5, 5.41) is -5.86. The van der Waals surface area contributed by atoms with Crippen LogP contribution in [-0.2, 0) is 10.1 Å². The van der Waals surface area contributed by atoms with E-state index < -0.39 is 38.9 Å². The van der Waals surface area contributed by atoms with Gasteiger partial charge in [-0.2, -0.15) is 30.4 Å². The molecule has 3 nitrogen and oxygen atoms in total. The van der Waals surface area contributed by atoms with Gasteiger partial charge in [-0.3, -0.25) is 4.55 Å². The molecule has 0 bridgehead atoms. The molecule has 0 aliphatic heterocycles. The molecule has 0 rings (SSSR count). The number of halogens is 7. The van der Waals surface area contributed by atoms with Crippen molar-refractivity contribution in [1.29, 1.82) is 0 Å². The summed E-state index contributed by atoms with van der Waals surface area (Å²) >= 11 is 0. The highest BCUT2D eigenvalue weighted by Crippen LogP contribution is 2.36. The fourth-order valence-corrected chi connectivity index (χ4v) is 0.736. The second kappa shape index (κ2) is 4.41. The van der Waals surface area contributed by atoms with Crippen LogP contribution in [0.4, 0.5) is 30.7 Å². The van der Waals surface area contributed by atoms with Crippen LogP contribution in [0.3, 0.4) is 0 Å². The minimum Gasteiger partial charge on any atom is -0.281 e. The molecule has 0 aromatic rings. The molecule has 0 aromatic heterocycles. The van der Waals surface area contributed by atoms with Crippen molar-refractivity contribution in [2.45, 2.75) is 5.25 Å². The van der Waals surface area contributed by atoms with Crippen molar-refractivity contribution in [3.05, 3.63) is 23.6 Å². The van der Waals surface area contributed by atoms with Gasteiger partial charge >= 0.3 is 21.5 Å². The van der Waals surface area contributed by atoms with Gasteiger partial charge in [-0.05, 0) is 0 Å². The van der Waals surface area contributed by atoms with E-state index in [0.717, 1.165) is 0 Å². The largest absolute Gasteiger partial charge is 0.423 e. The Morgan fingerprint density at radius 1 is 0.938 bits per heavy atom. The first-order valence-electron chi connectivity index (χ1n) is 3.04. The molecule has 94 valence electrons. The Morgan fingerprint density at radius 3 is 1.56 bits per heavy atom. The Balaban J connectivity index is 5.79. The van der Waals surface area contributed by atoms with Crippen molar-refractivity contribution < 1.29 is 43.7 Å². The second-order valence-electron chi connectivity index (χ2n) is 2.19. The lowest BCUT2D eigenvalue weighted by Crippen LogP contribution is -2.29. The lowest BCUT2D eigenvalue weighted by atomic mass is 10.4. The summed E-state index contributed by atoms with van der Waals surface area (Å²) in [6.07, 6.45) is -3.47. The molecule has 0 unspecified atom stereocenters. The fraction of sp³-hybridized carbons (Fsp3) is 0.200. The first-order valence-corrected chi connectivity index (χ1v) is 4.48. The van der Waals surface area contributed by atoms with E-state index in [2.05, 4.69) is 0 Å². The van der Waals surface area contributed by atoms with Crippen molar-refractivity contribution in [3.63, 3.8) is 0 Å². The van der Waals surface area contributed by atoms with E-state index >= 15 is 0 Å². The van der Waals surface area contributed by atoms with Crippen LogP contribution >= 0.6 is 0 Å². The molecule has 0 aliphatic carbocycles. The standard InChI is InChI=1S/C5HF7O3S/c6-1(2(7)4(9)10)3(8)5(11,12)16(13,14)15/h(H,13,14,15)/b3-1+. The first kappa shape index (κ1) is 14.9. The van der Waals surface area contributed by atoms with Crippen molar-refractivity contribution >= 4 is 10.1 Å². The summed E-state index contributed by atoms with van der Waals surface area (Å²) in [7, 11) is -6.45. The highest BCUT2D eigenvalue weighted by Gasteiger charge is 2.52. The van der Waals surface area contributed by atoms with Gasteiger partial charge in [0.1, 0.15) is 0 Å². The van der Waals surface area contributed by atoms with Crippen LogP contribution in [0.15, 0.2) is 23.6 Å². The Bertz CT molecular complexity index is 445. The Hall–Kier alpha value is -1.10. The van der Waals surface area contributed by atoms with E-state index in [-0.39, 0.29) is 0 Å². The third-order valence-corrected chi connectivity index (χ3v) is 1.96. The topological polar surface area (TPSA) is 54.4 Å². The van der Waals surface area contributed by atoms with Gasteiger partial charge < -0.3 is 0 Å². The zero-order valence-electron chi connectivity index (χ0n) is 6.82. The summed E-state index contributed by atoms with van der Waals surface area (Å²) in [5.41, 5.74) is 0. The van der Waals surface area contributed by atoms with Crippen LogP contribution in [0, 0.1) is 0 Å². The van der Waals surface area contributed by atoms with E-state index in [1.165, 1.54) is 0 Å². The normalized spacial score (nSPS) is 14.5. The summed E-state index contributed by atoms with van der Waals surface area (Å²) < 4.78 is 111. The molecule has 0 radical (unpaired) electrons. The highest BCUT2D eigenvalue weighted by atomic mass is 32.2. The Kier molecular flexibility index (Phi) is 4.11. The number of alkyl halides is 2. The van der Waals surface area contributed by atoms with Crippen molar-refractivity contribution in [1.82, 2.24) is 0 Å². The number of rotatable bonds is 3. The van der Waals surface area contributed by atoms with Crippen LogP contribution < -0.4 is 0 Å². The maximum Gasteiger partial charge on any atom is 0.423 e. The minimum absolute atomic E-state index is 3.29. The lowest BCUT2D eigenvalue weighted by Gasteiger charge is -2.10. The summed E-state index contributed by atoms with van der Waals surface area (Å²) in [5.74, 6) is -10.4. The van der Waals surface area contributed by atoms with Gasteiger partial charge in [-0.15, -0.1) is 0 Å². The van der Waals surface area contributed by atoms with Crippen molar-refractivity contribution in [2.24, 2.45) is 0 Å². The smallest absolute Gasteiger partial charge is 0.281 e. The summed E-state index contributed by atoms with van der Waals surface area (Å²) in [4.78, 5) is 0.